The second-order valence-electron chi connectivity index (χ2n) is 4.07. The molecule has 1 N–H and O–H groups in total. The first kappa shape index (κ1) is 15.5. The number of anilines is 1. The van der Waals surface area contributed by atoms with E-state index in [4.69, 9.17) is 4.74 Å². The van der Waals surface area contributed by atoms with Gasteiger partial charge in [-0.25, -0.2) is 13.2 Å². The van der Waals surface area contributed by atoms with Crippen molar-refractivity contribution in [2.24, 2.45) is 0 Å². The van der Waals surface area contributed by atoms with E-state index in [0.29, 0.717) is 17.9 Å². The number of carbonyl (C=O) groups is 1. The summed E-state index contributed by atoms with van der Waals surface area (Å²) in [5, 5.41) is 0. The van der Waals surface area contributed by atoms with Gasteiger partial charge in [0, 0.05) is 5.69 Å². The number of esters is 1. The van der Waals surface area contributed by atoms with Gasteiger partial charge in [0.05, 0.1) is 17.9 Å². The lowest BCUT2D eigenvalue weighted by Gasteiger charge is -2.07. The zero-order chi connectivity index (χ0) is 14.3. The highest BCUT2D eigenvalue weighted by molar-refractivity contribution is 7.92. The van der Waals surface area contributed by atoms with Crippen LogP contribution in [0.3, 0.4) is 0 Å². The molecule has 0 saturated heterocycles. The first-order chi connectivity index (χ1) is 8.98. The van der Waals surface area contributed by atoms with Gasteiger partial charge >= 0.3 is 5.97 Å². The fourth-order valence-corrected chi connectivity index (χ4v) is 1.96. The van der Waals surface area contributed by atoms with Crippen molar-refractivity contribution < 1.29 is 17.9 Å². The van der Waals surface area contributed by atoms with Crippen molar-refractivity contribution >= 4 is 21.7 Å². The lowest BCUT2D eigenvalue weighted by molar-refractivity contribution is 0.0500. The van der Waals surface area contributed by atoms with E-state index in [-0.39, 0.29) is 5.75 Å². The van der Waals surface area contributed by atoms with Crippen molar-refractivity contribution in [2.75, 3.05) is 17.1 Å². The molecule has 0 atom stereocenters. The smallest absolute Gasteiger partial charge is 0.338 e. The highest BCUT2D eigenvalue weighted by atomic mass is 32.2. The highest BCUT2D eigenvalue weighted by Crippen LogP contribution is 2.12. The summed E-state index contributed by atoms with van der Waals surface area (Å²) in [5.74, 6) is -0.383. The van der Waals surface area contributed by atoms with E-state index in [1.54, 1.807) is 31.2 Å². The number of unbranched alkanes of at least 4 members (excludes halogenated alkanes) is 1. The van der Waals surface area contributed by atoms with Crippen molar-refractivity contribution in [1.29, 1.82) is 0 Å². The molecule has 0 spiro atoms. The molecule has 1 aromatic rings. The molecule has 0 aliphatic heterocycles. The first-order valence-corrected chi connectivity index (χ1v) is 7.91. The van der Waals surface area contributed by atoms with Crippen molar-refractivity contribution in [1.82, 2.24) is 0 Å². The molecule has 6 heteroatoms. The Morgan fingerprint density at radius 1 is 1.21 bits per heavy atom. The summed E-state index contributed by atoms with van der Waals surface area (Å²) in [4.78, 5) is 11.6. The Labute approximate surface area is 114 Å². The van der Waals surface area contributed by atoms with Crippen molar-refractivity contribution in [2.45, 2.75) is 26.7 Å². The third-order valence-electron chi connectivity index (χ3n) is 2.51. The maximum Gasteiger partial charge on any atom is 0.338 e. The van der Waals surface area contributed by atoms with Gasteiger partial charge in [-0.05, 0) is 37.6 Å². The van der Waals surface area contributed by atoms with E-state index < -0.39 is 16.0 Å². The number of sulfonamides is 1. The number of hydrogen-bond acceptors (Lipinski definition) is 4. The maximum absolute atomic E-state index is 11.6. The standard InChI is InChI=1S/C13H19NO4S/c1-3-5-10-18-13(15)11-6-8-12(9-7-11)14-19(16,17)4-2/h6-9,14H,3-5,10H2,1-2H3. The molecular formula is C13H19NO4S. The van der Waals surface area contributed by atoms with E-state index in [2.05, 4.69) is 4.72 Å². The van der Waals surface area contributed by atoms with Crippen LogP contribution in [-0.2, 0) is 14.8 Å². The Bertz CT molecular complexity index is 508. The molecule has 0 aliphatic carbocycles. The van der Waals surface area contributed by atoms with Gasteiger partial charge < -0.3 is 4.74 Å². The van der Waals surface area contributed by atoms with E-state index in [1.165, 1.54) is 0 Å². The van der Waals surface area contributed by atoms with E-state index >= 15 is 0 Å². The van der Waals surface area contributed by atoms with Gasteiger partial charge in [0.15, 0.2) is 0 Å². The van der Waals surface area contributed by atoms with Crippen LogP contribution in [0.2, 0.25) is 0 Å². The molecule has 0 bridgehead atoms. The van der Waals surface area contributed by atoms with Crippen LogP contribution in [0.1, 0.15) is 37.0 Å². The number of rotatable bonds is 7. The van der Waals surface area contributed by atoms with Gasteiger partial charge in [0.25, 0.3) is 0 Å². The molecule has 0 amide bonds. The Kier molecular flexibility index (Phi) is 5.82. The third kappa shape index (κ3) is 5.30. The monoisotopic (exact) mass is 285 g/mol. The molecule has 1 rings (SSSR count). The van der Waals surface area contributed by atoms with E-state index in [9.17, 15) is 13.2 Å². The van der Waals surface area contributed by atoms with Crippen LogP contribution in [-0.4, -0.2) is 26.7 Å². The van der Waals surface area contributed by atoms with Gasteiger partial charge in [0.2, 0.25) is 10.0 Å². The minimum atomic E-state index is -3.29. The maximum atomic E-state index is 11.6. The predicted molar refractivity (Wildman–Crippen MR) is 74.7 cm³/mol. The first-order valence-electron chi connectivity index (χ1n) is 6.26. The van der Waals surface area contributed by atoms with Gasteiger partial charge in [-0.2, -0.15) is 0 Å². The zero-order valence-electron chi connectivity index (χ0n) is 11.2. The normalized spacial score (nSPS) is 11.1. The van der Waals surface area contributed by atoms with E-state index in [1.807, 2.05) is 6.92 Å². The van der Waals surface area contributed by atoms with E-state index in [0.717, 1.165) is 12.8 Å². The zero-order valence-corrected chi connectivity index (χ0v) is 12.0. The Morgan fingerprint density at radius 2 is 1.84 bits per heavy atom. The summed E-state index contributed by atoms with van der Waals surface area (Å²) in [5.41, 5.74) is 0.850. The lowest BCUT2D eigenvalue weighted by atomic mass is 10.2. The molecule has 0 aliphatic rings. The van der Waals surface area contributed by atoms with Gasteiger partial charge in [0.1, 0.15) is 0 Å². The van der Waals surface area contributed by atoms with Crippen molar-refractivity contribution in [3.63, 3.8) is 0 Å². The molecule has 0 fully saturated rings. The van der Waals surface area contributed by atoms with Gasteiger partial charge in [-0.1, -0.05) is 13.3 Å². The molecule has 0 unspecified atom stereocenters. The second kappa shape index (κ2) is 7.13. The molecule has 0 radical (unpaired) electrons. The SMILES string of the molecule is CCCCOC(=O)c1ccc(NS(=O)(=O)CC)cc1. The molecule has 5 nitrogen and oxygen atoms in total. The minimum Gasteiger partial charge on any atom is -0.462 e. The van der Waals surface area contributed by atoms with Crippen molar-refractivity contribution in [3.05, 3.63) is 29.8 Å². The molecule has 19 heavy (non-hydrogen) atoms. The number of hydrogen-bond donors (Lipinski definition) is 1. The molecule has 106 valence electrons. The van der Waals surface area contributed by atoms with Crippen LogP contribution >= 0.6 is 0 Å². The van der Waals surface area contributed by atoms with Gasteiger partial charge in [-0.15, -0.1) is 0 Å². The average molecular weight is 285 g/mol. The summed E-state index contributed by atoms with van der Waals surface area (Å²) in [6.07, 6.45) is 1.80. The fourth-order valence-electron chi connectivity index (χ4n) is 1.32. The van der Waals surface area contributed by atoms with Crippen LogP contribution in [0.25, 0.3) is 0 Å². The van der Waals surface area contributed by atoms with Crippen LogP contribution in [0.15, 0.2) is 24.3 Å². The highest BCUT2D eigenvalue weighted by Gasteiger charge is 2.09. The third-order valence-corrected chi connectivity index (χ3v) is 3.81. The minimum absolute atomic E-state index is 0.00775. The van der Waals surface area contributed by atoms with Gasteiger partial charge in [-0.3, -0.25) is 4.72 Å². The Hall–Kier alpha value is -1.56. The topological polar surface area (TPSA) is 72.5 Å². The summed E-state index contributed by atoms with van der Waals surface area (Å²) in [7, 11) is -3.29. The van der Waals surface area contributed by atoms with Crippen LogP contribution in [0.4, 0.5) is 5.69 Å². The Balaban J connectivity index is 2.63. The molecule has 0 saturated carbocycles. The summed E-state index contributed by atoms with van der Waals surface area (Å²) in [6, 6.07) is 6.18. The Morgan fingerprint density at radius 3 is 2.37 bits per heavy atom. The summed E-state index contributed by atoms with van der Waals surface area (Å²) in [6.45, 7) is 3.98. The number of ether oxygens (including phenoxy) is 1. The summed E-state index contributed by atoms with van der Waals surface area (Å²) < 4.78 is 30.2. The predicted octanol–water partition coefficient (Wildman–Crippen LogP) is 2.41. The second-order valence-corrected chi connectivity index (χ2v) is 6.08. The number of carbonyl (C=O) groups excluding carboxylic acids is 1. The molecule has 1 aromatic carbocycles. The van der Waals surface area contributed by atoms with Crippen molar-refractivity contribution in [3.8, 4) is 0 Å². The van der Waals surface area contributed by atoms with Crippen LogP contribution in [0, 0.1) is 0 Å². The molecule has 0 heterocycles. The quantitative estimate of drug-likeness (QED) is 0.617. The average Bonchev–Trinajstić information content (AvgIpc) is 2.39. The number of nitrogens with one attached hydrogen (secondary N) is 1. The lowest BCUT2D eigenvalue weighted by Crippen LogP contribution is -2.14. The summed E-state index contributed by atoms with van der Waals surface area (Å²) >= 11 is 0. The fraction of sp³-hybridized carbons (Fsp3) is 0.462. The number of benzene rings is 1. The van der Waals surface area contributed by atoms with Crippen LogP contribution < -0.4 is 4.72 Å². The largest absolute Gasteiger partial charge is 0.462 e. The van der Waals surface area contributed by atoms with Crippen LogP contribution in [0.5, 0.6) is 0 Å². The molecular weight excluding hydrogens is 266 g/mol. The molecule has 0 aromatic heterocycles.